The molecular formula is C24H44N2. The third-order valence-electron chi connectivity index (χ3n) is 4.21. The Bertz CT molecular complexity index is 471. The predicted octanol–water partition coefficient (Wildman–Crippen LogP) is 6.25. The molecule has 0 radical (unpaired) electrons. The summed E-state index contributed by atoms with van der Waals surface area (Å²) in [5.74, 6) is 0. The molecule has 0 rings (SSSR count). The van der Waals surface area contributed by atoms with Crippen molar-refractivity contribution < 1.29 is 0 Å². The Morgan fingerprint density at radius 2 is 1.19 bits per heavy atom. The summed E-state index contributed by atoms with van der Waals surface area (Å²) in [5.41, 5.74) is 0.796. The molecule has 0 aromatic carbocycles. The molecule has 0 aromatic heterocycles. The minimum absolute atomic E-state index is 0.247. The smallest absolute Gasteiger partial charge is 0.0325 e. The topological polar surface area (TPSA) is 24.1 Å². The van der Waals surface area contributed by atoms with Gasteiger partial charge in [-0.25, -0.2) is 0 Å². The molecule has 0 bridgehead atoms. The maximum absolute atomic E-state index is 3.42. The van der Waals surface area contributed by atoms with Crippen LogP contribution in [0.2, 0.25) is 0 Å². The average Bonchev–Trinajstić information content (AvgIpc) is 2.50. The second-order valence-electron chi connectivity index (χ2n) is 9.62. The van der Waals surface area contributed by atoms with Crippen LogP contribution in [-0.4, -0.2) is 19.6 Å². The van der Waals surface area contributed by atoms with Gasteiger partial charge < -0.3 is 10.6 Å². The van der Waals surface area contributed by atoms with Crippen molar-refractivity contribution in [3.8, 4) is 0 Å². The third-order valence-corrected chi connectivity index (χ3v) is 4.21. The fourth-order valence-corrected chi connectivity index (χ4v) is 2.58. The molecule has 0 amide bonds. The first-order valence-corrected chi connectivity index (χ1v) is 10.1. The molecule has 0 spiro atoms. The minimum atomic E-state index is 0.247. The van der Waals surface area contributed by atoms with Crippen LogP contribution in [0.4, 0.5) is 0 Å². The lowest BCUT2D eigenvalue weighted by Crippen LogP contribution is -2.17. The fourth-order valence-electron chi connectivity index (χ4n) is 2.58. The van der Waals surface area contributed by atoms with E-state index in [0.29, 0.717) is 0 Å². The highest BCUT2D eigenvalue weighted by atomic mass is 14.9. The zero-order chi connectivity index (χ0) is 20.1. The Labute approximate surface area is 163 Å². The molecule has 2 nitrogen and oxygen atoms in total. The molecule has 2 N–H and O–H groups in total. The second kappa shape index (κ2) is 12.2. The van der Waals surface area contributed by atoms with Crippen LogP contribution < -0.4 is 10.6 Å². The normalized spacial score (nSPS) is 14.5. The molecule has 0 atom stereocenters. The van der Waals surface area contributed by atoms with E-state index in [0.717, 1.165) is 19.6 Å². The van der Waals surface area contributed by atoms with E-state index >= 15 is 0 Å². The van der Waals surface area contributed by atoms with Crippen LogP contribution in [0.25, 0.3) is 0 Å². The Kier molecular flexibility index (Phi) is 11.6. The Hall–Kier alpha value is -1.28. The van der Waals surface area contributed by atoms with Crippen molar-refractivity contribution in [2.75, 3.05) is 19.6 Å². The molecular weight excluding hydrogens is 316 g/mol. The van der Waals surface area contributed by atoms with Gasteiger partial charge in [0.25, 0.3) is 0 Å². The van der Waals surface area contributed by atoms with Gasteiger partial charge in [-0.05, 0) is 42.2 Å². The molecule has 2 heteroatoms. The maximum atomic E-state index is 3.42. The molecule has 0 unspecified atom stereocenters. The highest BCUT2D eigenvalue weighted by Gasteiger charge is 2.20. The van der Waals surface area contributed by atoms with Crippen LogP contribution in [0.5, 0.6) is 0 Å². The van der Waals surface area contributed by atoms with Gasteiger partial charge in [-0.1, -0.05) is 91.0 Å². The monoisotopic (exact) mass is 360 g/mol. The van der Waals surface area contributed by atoms with E-state index in [2.05, 4.69) is 109 Å². The molecule has 26 heavy (non-hydrogen) atoms. The number of hydrogen-bond donors (Lipinski definition) is 2. The van der Waals surface area contributed by atoms with E-state index in [4.69, 9.17) is 0 Å². The van der Waals surface area contributed by atoms with E-state index in [1.54, 1.807) is 0 Å². The van der Waals surface area contributed by atoms with E-state index in [9.17, 15) is 0 Å². The Balaban J connectivity index is 3.91. The van der Waals surface area contributed by atoms with Crippen molar-refractivity contribution in [3.05, 3.63) is 48.7 Å². The van der Waals surface area contributed by atoms with Gasteiger partial charge >= 0.3 is 0 Å². The summed E-state index contributed by atoms with van der Waals surface area (Å²) in [6.07, 6.45) is 20.1. The van der Waals surface area contributed by atoms with Crippen molar-refractivity contribution in [1.29, 1.82) is 0 Å². The second-order valence-corrected chi connectivity index (χ2v) is 9.62. The van der Waals surface area contributed by atoms with Crippen molar-refractivity contribution in [2.45, 2.75) is 68.2 Å². The molecule has 0 aromatic rings. The summed E-state index contributed by atoms with van der Waals surface area (Å²) < 4.78 is 0. The van der Waals surface area contributed by atoms with Gasteiger partial charge in [0.15, 0.2) is 0 Å². The van der Waals surface area contributed by atoms with Gasteiger partial charge in [-0.2, -0.15) is 0 Å². The SMILES string of the molecule is C/C=C/C(C)(C)CCC(C)(C)/C=C/CNC/C=C/NC/C=C/C(C)(C)C. The number of rotatable bonds is 12. The number of allylic oxidation sites excluding steroid dienone is 4. The lowest BCUT2D eigenvalue weighted by molar-refractivity contribution is 0.330. The zero-order valence-corrected chi connectivity index (χ0v) is 18.7. The summed E-state index contributed by atoms with van der Waals surface area (Å²) in [7, 11) is 0. The summed E-state index contributed by atoms with van der Waals surface area (Å²) in [5, 5.41) is 6.71. The fraction of sp³-hybridized carbons (Fsp3) is 0.667. The molecule has 0 aliphatic carbocycles. The first-order valence-electron chi connectivity index (χ1n) is 10.1. The van der Waals surface area contributed by atoms with E-state index < -0.39 is 0 Å². The van der Waals surface area contributed by atoms with Crippen LogP contribution in [0.15, 0.2) is 48.7 Å². The van der Waals surface area contributed by atoms with Crippen LogP contribution >= 0.6 is 0 Å². The van der Waals surface area contributed by atoms with Crippen molar-refractivity contribution in [1.82, 2.24) is 10.6 Å². The van der Waals surface area contributed by atoms with E-state index in [1.165, 1.54) is 12.8 Å². The van der Waals surface area contributed by atoms with Crippen LogP contribution in [0.1, 0.15) is 68.2 Å². The molecule has 150 valence electrons. The lowest BCUT2D eigenvalue weighted by Gasteiger charge is -2.27. The summed E-state index contributed by atoms with van der Waals surface area (Å²) in [4.78, 5) is 0. The van der Waals surface area contributed by atoms with Gasteiger partial charge in [0.1, 0.15) is 0 Å². The number of nitrogens with one attached hydrogen (secondary N) is 2. The highest BCUT2D eigenvalue weighted by Crippen LogP contribution is 2.32. The summed E-state index contributed by atoms with van der Waals surface area (Å²) >= 11 is 0. The van der Waals surface area contributed by atoms with E-state index in [1.807, 2.05) is 6.20 Å². The minimum Gasteiger partial charge on any atom is -0.388 e. The maximum Gasteiger partial charge on any atom is 0.0325 e. The summed E-state index contributed by atoms with van der Waals surface area (Å²) in [6.45, 7) is 20.7. The molecule has 0 fully saturated rings. The Morgan fingerprint density at radius 1 is 0.654 bits per heavy atom. The van der Waals surface area contributed by atoms with Crippen LogP contribution in [0.3, 0.4) is 0 Å². The third kappa shape index (κ3) is 16.2. The summed E-state index contributed by atoms with van der Waals surface area (Å²) in [6, 6.07) is 0. The first kappa shape index (κ1) is 24.7. The molecule has 0 heterocycles. The van der Waals surface area contributed by atoms with Crippen molar-refractivity contribution in [3.63, 3.8) is 0 Å². The number of hydrogen-bond acceptors (Lipinski definition) is 2. The predicted molar refractivity (Wildman–Crippen MR) is 119 cm³/mol. The first-order chi connectivity index (χ1) is 12.0. The molecule has 0 saturated heterocycles. The molecule has 0 saturated carbocycles. The van der Waals surface area contributed by atoms with Gasteiger partial charge in [-0.15, -0.1) is 0 Å². The van der Waals surface area contributed by atoms with Gasteiger partial charge in [0, 0.05) is 19.6 Å². The Morgan fingerprint density at radius 3 is 1.77 bits per heavy atom. The largest absolute Gasteiger partial charge is 0.388 e. The van der Waals surface area contributed by atoms with Crippen LogP contribution in [0, 0.1) is 16.2 Å². The van der Waals surface area contributed by atoms with Gasteiger partial charge in [0.2, 0.25) is 0 Å². The van der Waals surface area contributed by atoms with Gasteiger partial charge in [0.05, 0.1) is 0 Å². The van der Waals surface area contributed by atoms with Crippen molar-refractivity contribution >= 4 is 0 Å². The lowest BCUT2D eigenvalue weighted by atomic mass is 9.78. The van der Waals surface area contributed by atoms with Crippen molar-refractivity contribution in [2.24, 2.45) is 16.2 Å². The van der Waals surface area contributed by atoms with Gasteiger partial charge in [-0.3, -0.25) is 0 Å². The zero-order valence-electron chi connectivity index (χ0n) is 18.7. The molecule has 0 aliphatic rings. The average molecular weight is 361 g/mol. The quantitative estimate of drug-likeness (QED) is 0.318. The molecule has 0 aliphatic heterocycles. The highest BCUT2D eigenvalue weighted by molar-refractivity contribution is 5.00. The standard InChI is InChI=1S/C24H44N2/c1-9-13-23(5,6)16-17-24(7,8)15-11-19-26-21-12-20-25-18-10-14-22(2,3)4/h9-15,20,25-26H,16-19,21H2,1-8H3/b13-9+,14-10+,15-11+,20-12+. The van der Waals surface area contributed by atoms with Crippen LogP contribution in [-0.2, 0) is 0 Å². The van der Waals surface area contributed by atoms with E-state index in [-0.39, 0.29) is 16.2 Å².